The van der Waals surface area contributed by atoms with Gasteiger partial charge in [-0.15, -0.1) is 11.8 Å². The first-order valence-electron chi connectivity index (χ1n) is 8.48. The Labute approximate surface area is 158 Å². The van der Waals surface area contributed by atoms with E-state index in [1.807, 2.05) is 70.2 Å². The molecule has 0 aliphatic heterocycles. The Morgan fingerprint density at radius 1 is 1.08 bits per heavy atom. The van der Waals surface area contributed by atoms with E-state index in [1.165, 1.54) is 0 Å². The number of hydrogen-bond acceptors (Lipinski definition) is 4. The monoisotopic (exact) mass is 366 g/mol. The zero-order valence-corrected chi connectivity index (χ0v) is 16.2. The lowest BCUT2D eigenvalue weighted by Gasteiger charge is -2.12. The SMILES string of the molecule is Cc1cccc(NC(=O)c2ccccc2SCc2c(C)noc2C)c1C. The largest absolute Gasteiger partial charge is 0.361 e. The van der Waals surface area contributed by atoms with E-state index in [1.54, 1.807) is 11.8 Å². The molecule has 0 spiro atoms. The molecule has 5 heteroatoms. The quantitative estimate of drug-likeness (QED) is 0.610. The van der Waals surface area contributed by atoms with Gasteiger partial charge in [0, 0.05) is 21.9 Å². The van der Waals surface area contributed by atoms with Crippen LogP contribution in [0.4, 0.5) is 5.69 Å². The van der Waals surface area contributed by atoms with Crippen molar-refractivity contribution in [2.24, 2.45) is 0 Å². The standard InChI is InChI=1S/C21H22N2O2S/c1-13-8-7-10-19(14(13)2)22-21(24)17-9-5-6-11-20(17)26-12-18-15(3)23-25-16(18)4/h5-11H,12H2,1-4H3,(H,22,24). The topological polar surface area (TPSA) is 55.1 Å². The molecule has 0 saturated carbocycles. The van der Waals surface area contributed by atoms with Crippen LogP contribution in [0.3, 0.4) is 0 Å². The third-order valence-corrected chi connectivity index (χ3v) is 5.64. The van der Waals surface area contributed by atoms with Crippen LogP contribution in [-0.2, 0) is 5.75 Å². The number of anilines is 1. The maximum atomic E-state index is 12.8. The van der Waals surface area contributed by atoms with Crippen molar-refractivity contribution >= 4 is 23.4 Å². The average molecular weight is 366 g/mol. The number of rotatable bonds is 5. The van der Waals surface area contributed by atoms with Gasteiger partial charge in [-0.25, -0.2) is 0 Å². The highest BCUT2D eigenvalue weighted by atomic mass is 32.2. The van der Waals surface area contributed by atoms with Gasteiger partial charge in [-0.1, -0.05) is 29.4 Å². The van der Waals surface area contributed by atoms with E-state index in [-0.39, 0.29) is 5.91 Å². The fourth-order valence-corrected chi connectivity index (χ4v) is 3.92. The van der Waals surface area contributed by atoms with Crippen molar-refractivity contribution in [3.63, 3.8) is 0 Å². The van der Waals surface area contributed by atoms with E-state index in [0.717, 1.165) is 44.5 Å². The van der Waals surface area contributed by atoms with Gasteiger partial charge in [0.1, 0.15) is 5.76 Å². The Balaban J connectivity index is 1.80. The van der Waals surface area contributed by atoms with Gasteiger partial charge in [0.15, 0.2) is 0 Å². The number of nitrogens with one attached hydrogen (secondary N) is 1. The molecule has 4 nitrogen and oxygen atoms in total. The van der Waals surface area contributed by atoms with Crippen LogP contribution in [0.1, 0.15) is 38.5 Å². The fourth-order valence-electron chi connectivity index (χ4n) is 2.71. The van der Waals surface area contributed by atoms with Gasteiger partial charge in [0.2, 0.25) is 0 Å². The van der Waals surface area contributed by atoms with Crippen LogP contribution in [0.5, 0.6) is 0 Å². The minimum absolute atomic E-state index is 0.0967. The normalized spacial score (nSPS) is 10.8. The molecule has 0 aliphatic carbocycles. The molecule has 1 N–H and O–H groups in total. The van der Waals surface area contributed by atoms with Crippen molar-refractivity contribution in [2.45, 2.75) is 38.3 Å². The van der Waals surface area contributed by atoms with E-state index in [0.29, 0.717) is 5.56 Å². The van der Waals surface area contributed by atoms with Crippen molar-refractivity contribution in [1.82, 2.24) is 5.16 Å². The molecule has 0 saturated heterocycles. The summed E-state index contributed by atoms with van der Waals surface area (Å²) in [5.74, 6) is 1.45. The molecule has 2 aromatic carbocycles. The second-order valence-electron chi connectivity index (χ2n) is 6.29. The van der Waals surface area contributed by atoms with Crippen LogP contribution < -0.4 is 5.32 Å². The molecule has 0 aliphatic rings. The number of thioether (sulfide) groups is 1. The molecular weight excluding hydrogens is 344 g/mol. The highest BCUT2D eigenvalue weighted by molar-refractivity contribution is 7.98. The smallest absolute Gasteiger partial charge is 0.256 e. The highest BCUT2D eigenvalue weighted by Crippen LogP contribution is 2.29. The first-order chi connectivity index (χ1) is 12.5. The van der Waals surface area contributed by atoms with Crippen LogP contribution in [0.2, 0.25) is 0 Å². The molecule has 0 atom stereocenters. The Kier molecular flexibility index (Phi) is 5.47. The molecule has 0 bridgehead atoms. The summed E-state index contributed by atoms with van der Waals surface area (Å²) in [6.07, 6.45) is 0. The van der Waals surface area contributed by atoms with Crippen molar-refractivity contribution in [1.29, 1.82) is 0 Å². The number of aryl methyl sites for hydroxylation is 3. The fraction of sp³-hybridized carbons (Fsp3) is 0.238. The maximum absolute atomic E-state index is 12.8. The number of nitrogens with zero attached hydrogens (tertiary/aromatic N) is 1. The predicted molar refractivity (Wildman–Crippen MR) is 106 cm³/mol. The summed E-state index contributed by atoms with van der Waals surface area (Å²) in [5.41, 5.74) is 5.74. The number of benzene rings is 2. The van der Waals surface area contributed by atoms with Gasteiger partial charge in [-0.2, -0.15) is 0 Å². The molecule has 1 aromatic heterocycles. The third-order valence-electron chi connectivity index (χ3n) is 4.54. The van der Waals surface area contributed by atoms with E-state index in [4.69, 9.17) is 4.52 Å². The van der Waals surface area contributed by atoms with Crippen molar-refractivity contribution in [3.8, 4) is 0 Å². The molecule has 1 amide bonds. The lowest BCUT2D eigenvalue weighted by Crippen LogP contribution is -2.14. The van der Waals surface area contributed by atoms with Crippen LogP contribution in [0.15, 0.2) is 51.9 Å². The van der Waals surface area contributed by atoms with E-state index in [2.05, 4.69) is 10.5 Å². The summed E-state index contributed by atoms with van der Waals surface area (Å²) in [5, 5.41) is 7.03. The van der Waals surface area contributed by atoms with Gasteiger partial charge in [0.25, 0.3) is 5.91 Å². The first kappa shape index (κ1) is 18.3. The van der Waals surface area contributed by atoms with E-state index in [9.17, 15) is 4.79 Å². The lowest BCUT2D eigenvalue weighted by molar-refractivity contribution is 0.102. The number of aromatic nitrogens is 1. The Bertz CT molecular complexity index is 927. The Morgan fingerprint density at radius 2 is 1.85 bits per heavy atom. The zero-order chi connectivity index (χ0) is 18.7. The van der Waals surface area contributed by atoms with Crippen molar-refractivity contribution < 1.29 is 9.32 Å². The second kappa shape index (κ2) is 7.79. The highest BCUT2D eigenvalue weighted by Gasteiger charge is 2.15. The molecule has 134 valence electrons. The van der Waals surface area contributed by atoms with Crippen molar-refractivity contribution in [3.05, 3.63) is 76.2 Å². The summed E-state index contributed by atoms with van der Waals surface area (Å²) in [6.45, 7) is 7.90. The van der Waals surface area contributed by atoms with E-state index >= 15 is 0 Å². The maximum Gasteiger partial charge on any atom is 0.256 e. The molecule has 26 heavy (non-hydrogen) atoms. The van der Waals surface area contributed by atoms with Gasteiger partial charge < -0.3 is 9.84 Å². The van der Waals surface area contributed by atoms with Crippen LogP contribution in [0, 0.1) is 27.7 Å². The molecule has 0 fully saturated rings. The lowest BCUT2D eigenvalue weighted by atomic mass is 10.1. The number of amides is 1. The Morgan fingerprint density at radius 3 is 2.58 bits per heavy atom. The third kappa shape index (κ3) is 3.83. The van der Waals surface area contributed by atoms with Crippen molar-refractivity contribution in [2.75, 3.05) is 5.32 Å². The summed E-state index contributed by atoms with van der Waals surface area (Å²) in [4.78, 5) is 13.8. The van der Waals surface area contributed by atoms with Crippen LogP contribution in [-0.4, -0.2) is 11.1 Å². The minimum atomic E-state index is -0.0967. The average Bonchev–Trinajstić information content (AvgIpc) is 2.95. The summed E-state index contributed by atoms with van der Waals surface area (Å²) in [7, 11) is 0. The number of hydrogen-bond donors (Lipinski definition) is 1. The zero-order valence-electron chi connectivity index (χ0n) is 15.4. The van der Waals surface area contributed by atoms with E-state index < -0.39 is 0 Å². The molecule has 0 unspecified atom stereocenters. The van der Waals surface area contributed by atoms with Gasteiger partial charge in [-0.3, -0.25) is 4.79 Å². The molecule has 0 radical (unpaired) electrons. The second-order valence-corrected chi connectivity index (χ2v) is 7.31. The summed E-state index contributed by atoms with van der Waals surface area (Å²) in [6, 6.07) is 13.6. The molecular formula is C21H22N2O2S. The van der Waals surface area contributed by atoms with Gasteiger partial charge in [0.05, 0.1) is 11.3 Å². The Hall–Kier alpha value is -2.53. The van der Waals surface area contributed by atoms with Crippen LogP contribution in [0.25, 0.3) is 0 Å². The first-order valence-corrected chi connectivity index (χ1v) is 9.47. The molecule has 3 aromatic rings. The summed E-state index contributed by atoms with van der Waals surface area (Å²) >= 11 is 1.62. The van der Waals surface area contributed by atoms with Gasteiger partial charge >= 0.3 is 0 Å². The summed E-state index contributed by atoms with van der Waals surface area (Å²) < 4.78 is 5.22. The molecule has 3 rings (SSSR count). The number of carbonyl (C=O) groups is 1. The number of carbonyl (C=O) groups excluding carboxylic acids is 1. The minimum Gasteiger partial charge on any atom is -0.361 e. The predicted octanol–water partition coefficient (Wildman–Crippen LogP) is 5.45. The van der Waals surface area contributed by atoms with Gasteiger partial charge in [-0.05, 0) is 57.0 Å². The van der Waals surface area contributed by atoms with Crippen LogP contribution >= 0.6 is 11.8 Å². The molecule has 1 heterocycles.